The van der Waals surface area contributed by atoms with Gasteiger partial charge >= 0.3 is 6.03 Å². The number of methoxy groups -OCH3 is 2. The third-order valence-electron chi connectivity index (χ3n) is 4.33. The van der Waals surface area contributed by atoms with Crippen molar-refractivity contribution >= 4 is 41.2 Å². The fraction of sp³-hybridized carbons (Fsp3) is 0.150. The van der Waals surface area contributed by atoms with Crippen LogP contribution in [0.3, 0.4) is 0 Å². The van der Waals surface area contributed by atoms with Gasteiger partial charge in [-0.15, -0.1) is 0 Å². The zero-order chi connectivity index (χ0) is 21.3. The first-order valence-electron chi connectivity index (χ1n) is 8.39. The molecule has 1 saturated heterocycles. The van der Waals surface area contributed by atoms with Gasteiger partial charge in [0.05, 0.1) is 19.9 Å². The topological polar surface area (TPSA) is 105 Å². The molecule has 2 aromatic rings. The van der Waals surface area contributed by atoms with E-state index in [1.807, 2.05) is 0 Å². The van der Waals surface area contributed by atoms with Crippen LogP contribution in [-0.2, 0) is 9.59 Å². The van der Waals surface area contributed by atoms with Crippen LogP contribution in [0, 0.1) is 6.92 Å². The molecule has 0 unspecified atom stereocenters. The summed E-state index contributed by atoms with van der Waals surface area (Å²) in [7, 11) is 2.71. The maximum atomic E-state index is 12.9. The number of rotatable bonds is 4. The number of nitrogens with zero attached hydrogens (tertiary/aromatic N) is 1. The second-order valence-electron chi connectivity index (χ2n) is 6.17. The number of aromatic hydroxyl groups is 1. The van der Waals surface area contributed by atoms with Crippen molar-refractivity contribution < 1.29 is 29.0 Å². The molecule has 1 aliphatic heterocycles. The van der Waals surface area contributed by atoms with Crippen molar-refractivity contribution in [2.24, 2.45) is 0 Å². The van der Waals surface area contributed by atoms with E-state index in [1.165, 1.54) is 38.5 Å². The van der Waals surface area contributed by atoms with Gasteiger partial charge in [-0.3, -0.25) is 14.9 Å². The first kappa shape index (κ1) is 20.2. The number of ether oxygens (including phenoxy) is 2. The predicted octanol–water partition coefficient (Wildman–Crippen LogP) is 3.04. The molecule has 8 nitrogen and oxygen atoms in total. The Balaban J connectivity index is 2.07. The lowest BCUT2D eigenvalue weighted by atomic mass is 10.1. The molecule has 0 atom stereocenters. The molecule has 0 saturated carbocycles. The van der Waals surface area contributed by atoms with Crippen LogP contribution < -0.4 is 19.7 Å². The van der Waals surface area contributed by atoms with Gasteiger partial charge < -0.3 is 14.6 Å². The molecule has 3 rings (SSSR count). The van der Waals surface area contributed by atoms with E-state index in [9.17, 15) is 19.5 Å². The Morgan fingerprint density at radius 2 is 1.69 bits per heavy atom. The van der Waals surface area contributed by atoms with Crippen molar-refractivity contribution in [3.8, 4) is 17.2 Å². The number of hydrogen-bond donors (Lipinski definition) is 2. The molecule has 1 fully saturated rings. The number of anilines is 1. The molecular formula is C20H17ClN2O6. The lowest BCUT2D eigenvalue weighted by Crippen LogP contribution is -2.54. The summed E-state index contributed by atoms with van der Waals surface area (Å²) in [5, 5.41) is 12.5. The quantitative estimate of drug-likeness (QED) is 0.586. The Bertz CT molecular complexity index is 1040. The van der Waals surface area contributed by atoms with Crippen molar-refractivity contribution in [1.29, 1.82) is 0 Å². The molecular weight excluding hydrogens is 400 g/mol. The van der Waals surface area contributed by atoms with Gasteiger partial charge in [-0.2, -0.15) is 0 Å². The van der Waals surface area contributed by atoms with Gasteiger partial charge in [0.25, 0.3) is 11.8 Å². The highest BCUT2D eigenvalue weighted by molar-refractivity contribution is 6.39. The van der Waals surface area contributed by atoms with Crippen molar-refractivity contribution in [3.05, 3.63) is 52.1 Å². The number of phenolic OH excluding ortho intramolecular Hbond substituents is 1. The van der Waals surface area contributed by atoms with Crippen LogP contribution in [0.25, 0.3) is 6.08 Å². The van der Waals surface area contributed by atoms with Crippen LogP contribution in [0.1, 0.15) is 11.1 Å². The zero-order valence-electron chi connectivity index (χ0n) is 15.8. The van der Waals surface area contributed by atoms with E-state index in [2.05, 4.69) is 5.32 Å². The van der Waals surface area contributed by atoms with Crippen molar-refractivity contribution in [2.45, 2.75) is 6.92 Å². The van der Waals surface area contributed by atoms with Crippen molar-refractivity contribution in [3.63, 3.8) is 0 Å². The number of halogens is 1. The zero-order valence-corrected chi connectivity index (χ0v) is 16.5. The summed E-state index contributed by atoms with van der Waals surface area (Å²) in [5.41, 5.74) is 1.07. The first-order chi connectivity index (χ1) is 13.8. The summed E-state index contributed by atoms with van der Waals surface area (Å²) in [6, 6.07) is 6.66. The van der Waals surface area contributed by atoms with Gasteiger partial charge in [-0.1, -0.05) is 17.7 Å². The van der Waals surface area contributed by atoms with Crippen LogP contribution in [0.2, 0.25) is 5.02 Å². The molecule has 29 heavy (non-hydrogen) atoms. The monoisotopic (exact) mass is 416 g/mol. The Morgan fingerprint density at radius 1 is 1.07 bits per heavy atom. The number of hydrogen-bond acceptors (Lipinski definition) is 6. The Morgan fingerprint density at radius 3 is 2.24 bits per heavy atom. The average Bonchev–Trinajstić information content (AvgIpc) is 2.68. The summed E-state index contributed by atoms with van der Waals surface area (Å²) in [4.78, 5) is 38.4. The second kappa shape index (κ2) is 7.84. The van der Waals surface area contributed by atoms with Crippen LogP contribution in [0.4, 0.5) is 10.5 Å². The fourth-order valence-corrected chi connectivity index (χ4v) is 2.95. The third-order valence-corrected chi connectivity index (χ3v) is 4.74. The number of nitrogens with one attached hydrogen (secondary N) is 1. The molecule has 4 amide bonds. The highest BCUT2D eigenvalue weighted by atomic mass is 35.5. The molecule has 9 heteroatoms. The fourth-order valence-electron chi connectivity index (χ4n) is 2.78. The van der Waals surface area contributed by atoms with E-state index in [1.54, 1.807) is 19.1 Å². The highest BCUT2D eigenvalue weighted by Gasteiger charge is 2.37. The van der Waals surface area contributed by atoms with E-state index in [0.29, 0.717) is 10.6 Å². The van der Waals surface area contributed by atoms with Crippen LogP contribution in [0.5, 0.6) is 17.2 Å². The predicted molar refractivity (Wildman–Crippen MR) is 106 cm³/mol. The van der Waals surface area contributed by atoms with E-state index >= 15 is 0 Å². The minimum Gasteiger partial charge on any atom is -0.502 e. The van der Waals surface area contributed by atoms with Gasteiger partial charge in [-0.05, 0) is 48.4 Å². The van der Waals surface area contributed by atoms with Crippen molar-refractivity contribution in [1.82, 2.24) is 5.32 Å². The first-order valence-corrected chi connectivity index (χ1v) is 8.77. The molecule has 0 aliphatic carbocycles. The van der Waals surface area contributed by atoms with Gasteiger partial charge in [0.2, 0.25) is 5.75 Å². The number of aryl methyl sites for hydroxylation is 1. The Hall–Kier alpha value is -3.52. The summed E-state index contributed by atoms with van der Waals surface area (Å²) in [6.45, 7) is 1.78. The minimum atomic E-state index is -0.877. The molecule has 1 aliphatic rings. The third kappa shape index (κ3) is 3.74. The minimum absolute atomic E-state index is 0.0955. The Kier molecular flexibility index (Phi) is 5.47. The summed E-state index contributed by atoms with van der Waals surface area (Å²) < 4.78 is 10.2. The number of carbonyl (C=O) groups is 3. The summed E-state index contributed by atoms with van der Waals surface area (Å²) >= 11 is 6.10. The molecule has 2 aromatic carbocycles. The largest absolute Gasteiger partial charge is 0.502 e. The van der Waals surface area contributed by atoms with E-state index < -0.39 is 17.8 Å². The molecule has 1 heterocycles. The summed E-state index contributed by atoms with van der Waals surface area (Å²) in [6.07, 6.45) is 1.28. The molecule has 0 radical (unpaired) electrons. The maximum absolute atomic E-state index is 12.9. The molecule has 0 aromatic heterocycles. The molecule has 150 valence electrons. The smallest absolute Gasteiger partial charge is 0.335 e. The molecule has 2 N–H and O–H groups in total. The molecule has 0 bridgehead atoms. The van der Waals surface area contributed by atoms with Crippen molar-refractivity contribution in [2.75, 3.05) is 19.1 Å². The lowest BCUT2D eigenvalue weighted by molar-refractivity contribution is -0.122. The van der Waals surface area contributed by atoms with Gasteiger partial charge in [0, 0.05) is 5.02 Å². The lowest BCUT2D eigenvalue weighted by Gasteiger charge is -2.26. The van der Waals surface area contributed by atoms with E-state index in [4.69, 9.17) is 21.1 Å². The van der Waals surface area contributed by atoms with Gasteiger partial charge in [0.15, 0.2) is 11.5 Å². The second-order valence-corrected chi connectivity index (χ2v) is 6.57. The summed E-state index contributed by atoms with van der Waals surface area (Å²) in [5.74, 6) is -1.69. The van der Waals surface area contributed by atoms with Crippen LogP contribution in [-0.4, -0.2) is 37.2 Å². The standard InChI is InChI=1S/C20H17ClN2O6/c1-10-4-5-12(9-14(10)21)23-19(26)13(18(25)22-20(23)27)6-11-7-15(28-2)17(24)16(8-11)29-3/h4-9,24H,1-3H3,(H,22,25,27)/b13-6-. The average molecular weight is 417 g/mol. The van der Waals surface area contributed by atoms with Crippen LogP contribution in [0.15, 0.2) is 35.9 Å². The number of imide groups is 2. The highest BCUT2D eigenvalue weighted by Crippen LogP contribution is 2.38. The van der Waals surface area contributed by atoms with E-state index in [0.717, 1.165) is 10.5 Å². The number of amides is 4. The van der Waals surface area contributed by atoms with Crippen LogP contribution >= 0.6 is 11.6 Å². The number of phenols is 1. The van der Waals surface area contributed by atoms with Gasteiger partial charge in [-0.25, -0.2) is 9.69 Å². The number of urea groups is 1. The number of barbiturate groups is 1. The maximum Gasteiger partial charge on any atom is 0.335 e. The normalized spacial score (nSPS) is 15.5. The van der Waals surface area contributed by atoms with Gasteiger partial charge in [0.1, 0.15) is 5.57 Å². The number of carbonyl (C=O) groups excluding carboxylic acids is 3. The SMILES string of the molecule is COc1cc(/C=C2/C(=O)NC(=O)N(c3ccc(C)c(Cl)c3)C2=O)cc(OC)c1O. The van der Waals surface area contributed by atoms with E-state index in [-0.39, 0.29) is 28.5 Å². The Labute approximate surface area is 171 Å². The number of benzene rings is 2. The molecule has 0 spiro atoms.